The number of carbonyl (C=O) groups excluding carboxylic acids is 1. The van der Waals surface area contributed by atoms with E-state index in [2.05, 4.69) is 5.32 Å². The summed E-state index contributed by atoms with van der Waals surface area (Å²) in [6.45, 7) is 1.42. The number of halogens is 5. The first kappa shape index (κ1) is 18.4. The van der Waals surface area contributed by atoms with Crippen LogP contribution in [-0.4, -0.2) is 31.7 Å². The predicted molar refractivity (Wildman–Crippen MR) is 83.9 cm³/mol. The Morgan fingerprint density at radius 1 is 1.30 bits per heavy atom. The number of alkyl halides is 3. The van der Waals surface area contributed by atoms with Gasteiger partial charge in [-0.3, -0.25) is 4.79 Å². The van der Waals surface area contributed by atoms with Crippen molar-refractivity contribution in [2.24, 2.45) is 0 Å². The maximum Gasteiger partial charge on any atom is 0.471 e. The highest BCUT2D eigenvalue weighted by molar-refractivity contribution is 6.42. The Morgan fingerprint density at radius 3 is 2.61 bits per heavy atom. The Hall–Kier alpha value is -0.980. The average molecular weight is 369 g/mol. The zero-order chi connectivity index (χ0) is 17.1. The summed E-state index contributed by atoms with van der Waals surface area (Å²) in [5.41, 5.74) is 0.547. The Labute approximate surface area is 142 Å². The highest BCUT2D eigenvalue weighted by atomic mass is 35.5. The maximum atomic E-state index is 12.3. The minimum absolute atomic E-state index is 0.0553. The van der Waals surface area contributed by atoms with E-state index in [9.17, 15) is 18.0 Å². The zero-order valence-electron chi connectivity index (χ0n) is 12.3. The fourth-order valence-electron chi connectivity index (χ4n) is 2.91. The Morgan fingerprint density at radius 2 is 2.04 bits per heavy atom. The second-order valence-electron chi connectivity index (χ2n) is 5.69. The summed E-state index contributed by atoms with van der Waals surface area (Å²) in [4.78, 5) is 11.0. The summed E-state index contributed by atoms with van der Waals surface area (Å²) in [6.07, 6.45) is -2.77. The van der Waals surface area contributed by atoms with Gasteiger partial charge >= 0.3 is 12.1 Å². The van der Waals surface area contributed by atoms with Gasteiger partial charge in [0.15, 0.2) is 0 Å². The number of rotatable bonds is 4. The quantitative estimate of drug-likeness (QED) is 0.850. The summed E-state index contributed by atoms with van der Waals surface area (Å²) in [7, 11) is 0. The minimum atomic E-state index is -4.86. The molecule has 1 aliphatic heterocycles. The van der Waals surface area contributed by atoms with Crippen LogP contribution in [0.5, 0.6) is 0 Å². The number of nitrogens with one attached hydrogen (secondary N) is 2. The van der Waals surface area contributed by atoms with E-state index in [1.165, 1.54) is 0 Å². The monoisotopic (exact) mass is 368 g/mol. The summed E-state index contributed by atoms with van der Waals surface area (Å²) in [5, 5.41) is 6.05. The van der Waals surface area contributed by atoms with Crippen molar-refractivity contribution in [2.75, 3.05) is 19.6 Å². The third-order valence-corrected chi connectivity index (χ3v) is 4.89. The van der Waals surface area contributed by atoms with E-state index in [1.54, 1.807) is 12.1 Å². The molecule has 0 aliphatic carbocycles. The molecule has 1 aromatic carbocycles. The molecule has 0 aromatic heterocycles. The molecule has 1 unspecified atom stereocenters. The molecule has 0 spiro atoms. The second-order valence-corrected chi connectivity index (χ2v) is 6.51. The standard InChI is InChI=1S/C15H17Cl2F3N2O/c16-11-3-2-10(8-12(11)17)14(4-1-6-21-9-14)5-7-22-13(23)15(18,19)20/h2-3,8,21H,1,4-7,9H2,(H,22,23). The predicted octanol–water partition coefficient (Wildman–Crippen LogP) is 3.68. The lowest BCUT2D eigenvalue weighted by molar-refractivity contribution is -0.173. The average Bonchev–Trinajstić information content (AvgIpc) is 2.50. The zero-order valence-corrected chi connectivity index (χ0v) is 13.8. The van der Waals surface area contributed by atoms with Crippen LogP contribution in [0.2, 0.25) is 10.0 Å². The van der Waals surface area contributed by atoms with Gasteiger partial charge in [0.1, 0.15) is 0 Å². The van der Waals surface area contributed by atoms with Crippen molar-refractivity contribution in [2.45, 2.75) is 30.9 Å². The van der Waals surface area contributed by atoms with Crippen LogP contribution in [-0.2, 0) is 10.2 Å². The van der Waals surface area contributed by atoms with Gasteiger partial charge < -0.3 is 10.6 Å². The Balaban J connectivity index is 2.13. The van der Waals surface area contributed by atoms with E-state index in [0.717, 1.165) is 24.9 Å². The molecule has 1 aliphatic rings. The molecule has 1 aromatic rings. The van der Waals surface area contributed by atoms with Crippen molar-refractivity contribution < 1.29 is 18.0 Å². The van der Waals surface area contributed by atoms with Gasteiger partial charge in [0, 0.05) is 18.5 Å². The number of benzene rings is 1. The lowest BCUT2D eigenvalue weighted by atomic mass is 9.72. The van der Waals surface area contributed by atoms with Crippen molar-refractivity contribution >= 4 is 29.1 Å². The van der Waals surface area contributed by atoms with Crippen molar-refractivity contribution in [1.82, 2.24) is 10.6 Å². The van der Waals surface area contributed by atoms with Crippen molar-refractivity contribution in [3.05, 3.63) is 33.8 Å². The van der Waals surface area contributed by atoms with Crippen molar-refractivity contribution in [3.63, 3.8) is 0 Å². The Bertz CT molecular complexity index is 572. The molecule has 0 bridgehead atoms. The van der Waals surface area contributed by atoms with E-state index >= 15 is 0 Å². The molecule has 1 saturated heterocycles. The smallest absolute Gasteiger partial charge is 0.348 e. The third-order valence-electron chi connectivity index (χ3n) is 4.15. The van der Waals surface area contributed by atoms with Crippen LogP contribution in [0.3, 0.4) is 0 Å². The number of piperidine rings is 1. The SMILES string of the molecule is O=C(NCCC1(c2ccc(Cl)c(Cl)c2)CCCNC1)C(F)(F)F. The third kappa shape index (κ3) is 4.52. The van der Waals surface area contributed by atoms with E-state index in [0.29, 0.717) is 23.0 Å². The number of carbonyl (C=O) groups is 1. The van der Waals surface area contributed by atoms with Crippen molar-refractivity contribution in [1.29, 1.82) is 0 Å². The normalized spacial score (nSPS) is 22.0. The molecular weight excluding hydrogens is 352 g/mol. The van der Waals surface area contributed by atoms with Gasteiger partial charge in [0.05, 0.1) is 10.0 Å². The van der Waals surface area contributed by atoms with E-state index in [4.69, 9.17) is 23.2 Å². The van der Waals surface area contributed by atoms with E-state index in [1.807, 2.05) is 11.4 Å². The molecule has 1 atom stereocenters. The summed E-state index contributed by atoms with van der Waals surface area (Å²) in [5.74, 6) is -1.91. The Kier molecular flexibility index (Phi) is 5.81. The van der Waals surface area contributed by atoms with Crippen LogP contribution >= 0.6 is 23.2 Å². The molecule has 1 amide bonds. The van der Waals surface area contributed by atoms with E-state index < -0.39 is 12.1 Å². The fraction of sp³-hybridized carbons (Fsp3) is 0.533. The first-order valence-electron chi connectivity index (χ1n) is 7.26. The summed E-state index contributed by atoms with van der Waals surface area (Å²) in [6, 6.07) is 5.28. The molecule has 1 heterocycles. The first-order valence-corrected chi connectivity index (χ1v) is 8.01. The van der Waals surface area contributed by atoms with Gasteiger partial charge in [-0.15, -0.1) is 0 Å². The van der Waals surface area contributed by atoms with Gasteiger partial charge in [-0.2, -0.15) is 13.2 Å². The van der Waals surface area contributed by atoms with Crippen LogP contribution < -0.4 is 10.6 Å². The number of hydrogen-bond donors (Lipinski definition) is 2. The highest BCUT2D eigenvalue weighted by Crippen LogP contribution is 2.37. The lowest BCUT2D eigenvalue weighted by Gasteiger charge is -2.38. The number of hydrogen-bond acceptors (Lipinski definition) is 2. The second kappa shape index (κ2) is 7.28. The van der Waals surface area contributed by atoms with Crippen LogP contribution in [0.1, 0.15) is 24.8 Å². The molecule has 23 heavy (non-hydrogen) atoms. The molecule has 3 nitrogen and oxygen atoms in total. The van der Waals surface area contributed by atoms with E-state index in [-0.39, 0.29) is 12.0 Å². The molecule has 2 N–H and O–H groups in total. The van der Waals surface area contributed by atoms with Gasteiger partial charge in [0.25, 0.3) is 0 Å². The molecule has 0 saturated carbocycles. The van der Waals surface area contributed by atoms with Gasteiger partial charge in [-0.05, 0) is 43.5 Å². The first-order chi connectivity index (χ1) is 10.7. The molecule has 0 radical (unpaired) electrons. The van der Waals surface area contributed by atoms with Crippen LogP contribution in [0.15, 0.2) is 18.2 Å². The fourth-order valence-corrected chi connectivity index (χ4v) is 3.21. The molecule has 8 heteroatoms. The maximum absolute atomic E-state index is 12.3. The molecular formula is C15H17Cl2F3N2O. The molecule has 128 valence electrons. The van der Waals surface area contributed by atoms with Crippen LogP contribution in [0.25, 0.3) is 0 Å². The topological polar surface area (TPSA) is 41.1 Å². The van der Waals surface area contributed by atoms with Gasteiger partial charge in [-0.25, -0.2) is 0 Å². The molecule has 1 fully saturated rings. The van der Waals surface area contributed by atoms with Gasteiger partial charge in [0.2, 0.25) is 0 Å². The van der Waals surface area contributed by atoms with Gasteiger partial charge in [-0.1, -0.05) is 29.3 Å². The largest absolute Gasteiger partial charge is 0.471 e. The highest BCUT2D eigenvalue weighted by Gasteiger charge is 2.39. The minimum Gasteiger partial charge on any atom is -0.348 e. The van der Waals surface area contributed by atoms with Crippen LogP contribution in [0, 0.1) is 0 Å². The summed E-state index contributed by atoms with van der Waals surface area (Å²) >= 11 is 12.0. The molecule has 2 rings (SSSR count). The van der Waals surface area contributed by atoms with Crippen LogP contribution in [0.4, 0.5) is 13.2 Å². The van der Waals surface area contributed by atoms with Crippen molar-refractivity contribution in [3.8, 4) is 0 Å². The number of amides is 1. The summed E-state index contributed by atoms with van der Waals surface area (Å²) < 4.78 is 36.8. The lowest BCUT2D eigenvalue weighted by Crippen LogP contribution is -2.46.